The largest absolute Gasteiger partial charge is 0.394 e. The average molecular weight is 293 g/mol. The minimum atomic E-state index is -0.381. The number of likely N-dealkylation sites (tertiary alicyclic amines) is 1. The molecule has 4 nitrogen and oxygen atoms in total. The third kappa shape index (κ3) is 5.40. The van der Waals surface area contributed by atoms with Crippen LogP contribution >= 0.6 is 0 Å². The summed E-state index contributed by atoms with van der Waals surface area (Å²) in [5.74, 6) is 0. The molecule has 1 fully saturated rings. The van der Waals surface area contributed by atoms with E-state index < -0.39 is 0 Å². The summed E-state index contributed by atoms with van der Waals surface area (Å²) in [4.78, 5) is 2.39. The molecule has 0 bridgehead atoms. The fourth-order valence-corrected chi connectivity index (χ4v) is 2.87. The van der Waals surface area contributed by atoms with E-state index in [9.17, 15) is 5.11 Å². The Hall–Kier alpha value is -0.940. The lowest BCUT2D eigenvalue weighted by Crippen LogP contribution is -2.38. The third-order valence-corrected chi connectivity index (χ3v) is 4.13. The van der Waals surface area contributed by atoms with Crippen molar-refractivity contribution >= 4 is 0 Å². The Kier molecular flexibility index (Phi) is 6.64. The predicted molar refractivity (Wildman–Crippen MR) is 83.3 cm³/mol. The molecule has 1 aromatic carbocycles. The smallest absolute Gasteiger partial charge is 0.0802 e. The maximum Gasteiger partial charge on any atom is 0.0802 e. The van der Waals surface area contributed by atoms with Crippen LogP contribution in [0.25, 0.3) is 0 Å². The van der Waals surface area contributed by atoms with Gasteiger partial charge in [-0.15, -0.1) is 0 Å². The second-order valence-corrected chi connectivity index (χ2v) is 5.85. The molecule has 0 amide bonds. The van der Waals surface area contributed by atoms with Crippen molar-refractivity contribution in [1.82, 2.24) is 4.90 Å². The molecule has 0 radical (unpaired) electrons. The topological polar surface area (TPSA) is 52.9 Å². The van der Waals surface area contributed by atoms with E-state index in [0.29, 0.717) is 6.61 Å². The molecule has 21 heavy (non-hydrogen) atoms. The minimum absolute atomic E-state index is 0.100. The van der Waals surface area contributed by atoms with Gasteiger partial charge >= 0.3 is 0 Å². The molecule has 1 unspecified atom stereocenters. The number of hydrogen-bond acceptors (Lipinski definition) is 4. The summed E-state index contributed by atoms with van der Waals surface area (Å²) in [5, 5.41) is 19.0. The summed E-state index contributed by atoms with van der Waals surface area (Å²) in [7, 11) is 0. The van der Waals surface area contributed by atoms with Gasteiger partial charge in [-0.25, -0.2) is 0 Å². The van der Waals surface area contributed by atoms with Crippen molar-refractivity contribution < 1.29 is 14.9 Å². The Morgan fingerprint density at radius 2 is 2.10 bits per heavy atom. The molecule has 118 valence electrons. The molecule has 0 aliphatic carbocycles. The molecule has 1 aromatic rings. The van der Waals surface area contributed by atoms with E-state index in [4.69, 9.17) is 9.84 Å². The highest BCUT2D eigenvalue weighted by Crippen LogP contribution is 2.20. The molecular weight excluding hydrogens is 266 g/mol. The Morgan fingerprint density at radius 1 is 1.33 bits per heavy atom. The van der Waals surface area contributed by atoms with Gasteiger partial charge in [-0.05, 0) is 31.7 Å². The van der Waals surface area contributed by atoms with Crippen molar-refractivity contribution in [3.63, 3.8) is 0 Å². The highest BCUT2D eigenvalue weighted by molar-refractivity contribution is 5.23. The standard InChI is InChI=1S/C17H27NO3/c1-14-3-2-4-15(13-14)17(20)7-10-18-8-5-16(6-9-18)21-12-11-19/h2-4,13,16-17,19-20H,5-12H2,1H3. The van der Waals surface area contributed by atoms with Crippen LogP contribution in [-0.4, -0.2) is 54.1 Å². The quantitative estimate of drug-likeness (QED) is 0.806. The van der Waals surface area contributed by atoms with Gasteiger partial charge in [0.25, 0.3) is 0 Å². The van der Waals surface area contributed by atoms with Gasteiger partial charge in [-0.1, -0.05) is 29.8 Å². The fraction of sp³-hybridized carbons (Fsp3) is 0.647. The van der Waals surface area contributed by atoms with E-state index in [1.807, 2.05) is 25.1 Å². The van der Waals surface area contributed by atoms with E-state index in [2.05, 4.69) is 11.0 Å². The van der Waals surface area contributed by atoms with Crippen molar-refractivity contribution in [2.45, 2.75) is 38.4 Å². The molecule has 1 aliphatic heterocycles. The maximum absolute atomic E-state index is 10.3. The lowest BCUT2D eigenvalue weighted by Gasteiger charge is -2.32. The maximum atomic E-state index is 10.3. The van der Waals surface area contributed by atoms with Gasteiger partial charge in [0.15, 0.2) is 0 Å². The number of piperidine rings is 1. The van der Waals surface area contributed by atoms with E-state index >= 15 is 0 Å². The summed E-state index contributed by atoms with van der Waals surface area (Å²) in [6.45, 7) is 5.53. The zero-order valence-corrected chi connectivity index (χ0v) is 12.9. The lowest BCUT2D eigenvalue weighted by molar-refractivity contribution is -0.00958. The molecule has 2 N–H and O–H groups in total. The van der Waals surface area contributed by atoms with Gasteiger partial charge in [0, 0.05) is 19.6 Å². The normalized spacial score (nSPS) is 18.8. The Labute approximate surface area is 127 Å². The van der Waals surface area contributed by atoms with Crippen molar-refractivity contribution in [2.24, 2.45) is 0 Å². The number of rotatable bonds is 7. The highest BCUT2D eigenvalue weighted by Gasteiger charge is 2.20. The Bertz CT molecular complexity index is 416. The second kappa shape index (κ2) is 8.49. The molecule has 1 heterocycles. The molecule has 1 saturated heterocycles. The van der Waals surface area contributed by atoms with E-state index in [0.717, 1.165) is 44.5 Å². The molecular formula is C17H27NO3. The van der Waals surface area contributed by atoms with Crippen molar-refractivity contribution in [2.75, 3.05) is 32.8 Å². The first-order chi connectivity index (χ1) is 10.2. The predicted octanol–water partition coefficient (Wildman–Crippen LogP) is 1.89. The minimum Gasteiger partial charge on any atom is -0.394 e. The van der Waals surface area contributed by atoms with E-state index in [1.165, 1.54) is 5.56 Å². The first-order valence-electron chi connectivity index (χ1n) is 7.88. The molecule has 0 aromatic heterocycles. The molecule has 1 aliphatic rings. The van der Waals surface area contributed by atoms with E-state index in [-0.39, 0.29) is 18.8 Å². The summed E-state index contributed by atoms with van der Waals surface area (Å²) >= 11 is 0. The fourth-order valence-electron chi connectivity index (χ4n) is 2.87. The summed E-state index contributed by atoms with van der Waals surface area (Å²) in [6.07, 6.45) is 2.70. The number of benzene rings is 1. The Balaban J connectivity index is 1.69. The molecule has 1 atom stereocenters. The van der Waals surface area contributed by atoms with Crippen LogP contribution in [0.15, 0.2) is 24.3 Å². The average Bonchev–Trinajstić information content (AvgIpc) is 2.51. The summed E-state index contributed by atoms with van der Waals surface area (Å²) in [6, 6.07) is 8.09. The number of ether oxygens (including phenoxy) is 1. The van der Waals surface area contributed by atoms with Crippen LogP contribution in [0.1, 0.15) is 36.5 Å². The van der Waals surface area contributed by atoms with Crippen LogP contribution in [0.2, 0.25) is 0 Å². The molecule has 0 saturated carbocycles. The SMILES string of the molecule is Cc1cccc(C(O)CCN2CCC(OCCO)CC2)c1. The van der Waals surface area contributed by atoms with Crippen molar-refractivity contribution in [3.05, 3.63) is 35.4 Å². The number of aliphatic hydroxyl groups excluding tert-OH is 2. The number of aryl methyl sites for hydroxylation is 1. The van der Waals surface area contributed by atoms with Crippen LogP contribution in [0.3, 0.4) is 0 Å². The van der Waals surface area contributed by atoms with Crippen LogP contribution in [0.5, 0.6) is 0 Å². The zero-order chi connectivity index (χ0) is 15.1. The Morgan fingerprint density at radius 3 is 2.76 bits per heavy atom. The third-order valence-electron chi connectivity index (χ3n) is 4.13. The second-order valence-electron chi connectivity index (χ2n) is 5.85. The molecule has 0 spiro atoms. The van der Waals surface area contributed by atoms with Crippen LogP contribution in [0.4, 0.5) is 0 Å². The van der Waals surface area contributed by atoms with Gasteiger partial charge in [0.05, 0.1) is 25.4 Å². The van der Waals surface area contributed by atoms with Gasteiger partial charge in [0.2, 0.25) is 0 Å². The van der Waals surface area contributed by atoms with E-state index in [1.54, 1.807) is 0 Å². The zero-order valence-electron chi connectivity index (χ0n) is 12.9. The number of aliphatic hydroxyl groups is 2. The summed E-state index contributed by atoms with van der Waals surface area (Å²) in [5.41, 5.74) is 2.20. The monoisotopic (exact) mass is 293 g/mol. The van der Waals surface area contributed by atoms with Gasteiger partial charge in [-0.2, -0.15) is 0 Å². The number of hydrogen-bond donors (Lipinski definition) is 2. The lowest BCUT2D eigenvalue weighted by atomic mass is 10.0. The first-order valence-corrected chi connectivity index (χ1v) is 7.88. The highest BCUT2D eigenvalue weighted by atomic mass is 16.5. The van der Waals surface area contributed by atoms with Gasteiger partial charge in [-0.3, -0.25) is 0 Å². The first kappa shape index (κ1) is 16.4. The van der Waals surface area contributed by atoms with Gasteiger partial charge < -0.3 is 19.8 Å². The van der Waals surface area contributed by atoms with Crippen molar-refractivity contribution in [1.29, 1.82) is 0 Å². The molecule has 2 rings (SSSR count). The molecule has 4 heteroatoms. The van der Waals surface area contributed by atoms with Crippen LogP contribution < -0.4 is 0 Å². The summed E-state index contributed by atoms with van der Waals surface area (Å²) < 4.78 is 5.56. The number of nitrogens with zero attached hydrogens (tertiary/aromatic N) is 1. The van der Waals surface area contributed by atoms with Crippen LogP contribution in [-0.2, 0) is 4.74 Å². The van der Waals surface area contributed by atoms with Crippen LogP contribution in [0, 0.1) is 6.92 Å². The van der Waals surface area contributed by atoms with Gasteiger partial charge in [0.1, 0.15) is 0 Å². The van der Waals surface area contributed by atoms with Crippen molar-refractivity contribution in [3.8, 4) is 0 Å².